The van der Waals surface area contributed by atoms with Crippen LogP contribution in [0.5, 0.6) is 5.75 Å². The van der Waals surface area contributed by atoms with Crippen molar-refractivity contribution in [1.29, 1.82) is 0 Å². The molecule has 0 fully saturated rings. The molecule has 1 aromatic heterocycles. The van der Waals surface area contributed by atoms with Crippen LogP contribution in [-0.2, 0) is 11.8 Å². The number of aromatic nitrogens is 2. The van der Waals surface area contributed by atoms with Crippen LogP contribution in [0.1, 0.15) is 13.8 Å². The number of rotatable bonds is 4. The van der Waals surface area contributed by atoms with Crippen LogP contribution in [0.25, 0.3) is 11.3 Å². The third-order valence-electron chi connectivity index (χ3n) is 2.78. The van der Waals surface area contributed by atoms with Crippen molar-refractivity contribution >= 4 is 17.4 Å². The molecule has 0 aliphatic heterocycles. The molecule has 106 valence electrons. The van der Waals surface area contributed by atoms with Gasteiger partial charge in [-0.3, -0.25) is 9.48 Å². The number of nitrogen functional groups attached to an aromatic ring is 1. The lowest BCUT2D eigenvalue weighted by atomic mass is 10.1. The summed E-state index contributed by atoms with van der Waals surface area (Å²) in [5.41, 5.74) is 8.10. The third kappa shape index (κ3) is 2.90. The van der Waals surface area contributed by atoms with Crippen LogP contribution in [-0.4, -0.2) is 22.3 Å². The quantitative estimate of drug-likeness (QED) is 0.893. The Morgan fingerprint density at radius 2 is 2.20 bits per heavy atom. The van der Waals surface area contributed by atoms with E-state index >= 15 is 0 Å². The van der Waals surface area contributed by atoms with Gasteiger partial charge in [0.2, 0.25) is 5.91 Å². The Balaban J connectivity index is 2.45. The minimum Gasteiger partial charge on any atom is -0.492 e. The largest absolute Gasteiger partial charge is 0.492 e. The normalized spacial score (nSPS) is 10.3. The van der Waals surface area contributed by atoms with Crippen LogP contribution in [0.15, 0.2) is 24.3 Å². The number of benzene rings is 1. The monoisotopic (exact) mass is 274 g/mol. The molecule has 0 unspecified atom stereocenters. The number of nitrogens with zero attached hydrogens (tertiary/aromatic N) is 2. The average Bonchev–Trinajstić information content (AvgIpc) is 2.70. The lowest BCUT2D eigenvalue weighted by Crippen LogP contribution is -2.08. The van der Waals surface area contributed by atoms with Crippen molar-refractivity contribution in [2.24, 2.45) is 7.05 Å². The van der Waals surface area contributed by atoms with Crippen molar-refractivity contribution < 1.29 is 9.53 Å². The number of ether oxygens (including phenoxy) is 1. The van der Waals surface area contributed by atoms with E-state index in [0.29, 0.717) is 23.9 Å². The van der Waals surface area contributed by atoms with Crippen molar-refractivity contribution in [3.63, 3.8) is 0 Å². The van der Waals surface area contributed by atoms with Crippen molar-refractivity contribution in [2.45, 2.75) is 13.8 Å². The number of hydrogen-bond donors (Lipinski definition) is 2. The Kier molecular flexibility index (Phi) is 3.93. The van der Waals surface area contributed by atoms with Crippen LogP contribution in [0, 0.1) is 0 Å². The molecule has 0 saturated heterocycles. The van der Waals surface area contributed by atoms with E-state index in [1.807, 2.05) is 32.2 Å². The number of hydrogen-bond acceptors (Lipinski definition) is 4. The molecule has 0 bridgehead atoms. The van der Waals surface area contributed by atoms with E-state index in [-0.39, 0.29) is 5.91 Å². The molecular weight excluding hydrogens is 256 g/mol. The number of carbonyl (C=O) groups excluding carboxylic acids is 1. The second kappa shape index (κ2) is 5.64. The zero-order chi connectivity index (χ0) is 14.7. The van der Waals surface area contributed by atoms with Gasteiger partial charge in [-0.15, -0.1) is 0 Å². The molecule has 2 rings (SSSR count). The number of nitrogens with two attached hydrogens (primary N) is 1. The minimum absolute atomic E-state index is 0.146. The van der Waals surface area contributed by atoms with Gasteiger partial charge in [-0.1, -0.05) is 0 Å². The molecule has 6 heteroatoms. The highest BCUT2D eigenvalue weighted by Crippen LogP contribution is 2.31. The average molecular weight is 274 g/mol. The van der Waals surface area contributed by atoms with E-state index in [1.54, 1.807) is 10.7 Å². The van der Waals surface area contributed by atoms with E-state index in [0.717, 1.165) is 11.3 Å². The molecule has 20 heavy (non-hydrogen) atoms. The molecule has 0 saturated carbocycles. The first-order chi connectivity index (χ1) is 9.51. The van der Waals surface area contributed by atoms with Gasteiger partial charge in [0.15, 0.2) is 0 Å². The minimum atomic E-state index is -0.146. The Hall–Kier alpha value is -2.50. The maximum absolute atomic E-state index is 11.3. The lowest BCUT2D eigenvalue weighted by molar-refractivity contribution is -0.114. The van der Waals surface area contributed by atoms with Crippen LogP contribution >= 0.6 is 0 Å². The second-order valence-electron chi connectivity index (χ2n) is 4.40. The summed E-state index contributed by atoms with van der Waals surface area (Å²) in [6.45, 7) is 3.89. The van der Waals surface area contributed by atoms with Crippen LogP contribution in [0.3, 0.4) is 0 Å². The smallest absolute Gasteiger partial charge is 0.221 e. The fraction of sp³-hybridized carbons (Fsp3) is 0.286. The lowest BCUT2D eigenvalue weighted by Gasteiger charge is -2.12. The molecule has 0 spiro atoms. The molecule has 1 aromatic carbocycles. The summed E-state index contributed by atoms with van der Waals surface area (Å²) < 4.78 is 7.20. The molecule has 0 atom stereocenters. The summed E-state index contributed by atoms with van der Waals surface area (Å²) in [5, 5.41) is 6.88. The highest BCUT2D eigenvalue weighted by atomic mass is 16.5. The van der Waals surface area contributed by atoms with Gasteiger partial charge >= 0.3 is 0 Å². The van der Waals surface area contributed by atoms with Crippen LogP contribution in [0.2, 0.25) is 0 Å². The summed E-state index contributed by atoms with van der Waals surface area (Å²) >= 11 is 0. The highest BCUT2D eigenvalue weighted by Gasteiger charge is 2.11. The first kappa shape index (κ1) is 13.9. The third-order valence-corrected chi connectivity index (χ3v) is 2.78. The number of anilines is 2. The Labute approximate surface area is 117 Å². The predicted molar refractivity (Wildman–Crippen MR) is 78.5 cm³/mol. The molecule has 2 aromatic rings. The second-order valence-corrected chi connectivity index (χ2v) is 4.40. The highest BCUT2D eigenvalue weighted by molar-refractivity contribution is 5.91. The Morgan fingerprint density at radius 1 is 1.45 bits per heavy atom. The van der Waals surface area contributed by atoms with Crippen LogP contribution < -0.4 is 15.8 Å². The summed E-state index contributed by atoms with van der Waals surface area (Å²) in [6.07, 6.45) is 0. The van der Waals surface area contributed by atoms with E-state index in [4.69, 9.17) is 10.5 Å². The van der Waals surface area contributed by atoms with Crippen LogP contribution in [0.4, 0.5) is 11.5 Å². The first-order valence-electron chi connectivity index (χ1n) is 6.35. The maximum atomic E-state index is 11.3. The van der Waals surface area contributed by atoms with Gasteiger partial charge < -0.3 is 15.8 Å². The van der Waals surface area contributed by atoms with Gasteiger partial charge in [0.1, 0.15) is 11.6 Å². The number of amides is 1. The molecule has 0 aliphatic carbocycles. The summed E-state index contributed by atoms with van der Waals surface area (Å²) in [7, 11) is 1.82. The molecule has 1 amide bonds. The van der Waals surface area contributed by atoms with Gasteiger partial charge in [0.05, 0.1) is 18.0 Å². The topological polar surface area (TPSA) is 82.2 Å². The fourth-order valence-corrected chi connectivity index (χ4v) is 2.02. The number of aryl methyl sites for hydroxylation is 1. The molecule has 6 nitrogen and oxygen atoms in total. The SMILES string of the molecule is CCOc1ccc(-c2cc(N)nn2C)cc1NC(C)=O. The van der Waals surface area contributed by atoms with E-state index in [9.17, 15) is 4.79 Å². The molecule has 0 radical (unpaired) electrons. The van der Waals surface area contributed by atoms with Gasteiger partial charge in [-0.05, 0) is 25.1 Å². The van der Waals surface area contributed by atoms with Crippen molar-refractivity contribution in [3.05, 3.63) is 24.3 Å². The molecule has 0 aliphatic rings. The predicted octanol–water partition coefficient (Wildman–Crippen LogP) is 2.03. The summed E-state index contributed by atoms with van der Waals surface area (Å²) in [6, 6.07) is 7.37. The van der Waals surface area contributed by atoms with E-state index in [1.165, 1.54) is 6.92 Å². The van der Waals surface area contributed by atoms with Gasteiger partial charge in [-0.2, -0.15) is 5.10 Å². The zero-order valence-corrected chi connectivity index (χ0v) is 11.8. The van der Waals surface area contributed by atoms with Gasteiger partial charge in [-0.25, -0.2) is 0 Å². The molecule has 3 N–H and O–H groups in total. The van der Waals surface area contributed by atoms with Crippen molar-refractivity contribution in [3.8, 4) is 17.0 Å². The maximum Gasteiger partial charge on any atom is 0.221 e. The Bertz CT molecular complexity index is 634. The van der Waals surface area contributed by atoms with E-state index in [2.05, 4.69) is 10.4 Å². The Morgan fingerprint density at radius 3 is 2.75 bits per heavy atom. The standard InChI is InChI=1S/C14H18N4O2/c1-4-20-13-6-5-10(7-11(13)16-9(2)19)12-8-14(15)17-18(12)3/h5-8H,4H2,1-3H3,(H2,15,17)(H,16,19). The van der Waals surface area contributed by atoms with Crippen molar-refractivity contribution in [1.82, 2.24) is 9.78 Å². The van der Waals surface area contributed by atoms with Crippen molar-refractivity contribution in [2.75, 3.05) is 17.7 Å². The van der Waals surface area contributed by atoms with Gasteiger partial charge in [0, 0.05) is 25.6 Å². The number of carbonyl (C=O) groups is 1. The van der Waals surface area contributed by atoms with E-state index < -0.39 is 0 Å². The summed E-state index contributed by atoms with van der Waals surface area (Å²) in [4.78, 5) is 11.3. The molecule has 1 heterocycles. The number of nitrogens with one attached hydrogen (secondary N) is 1. The van der Waals surface area contributed by atoms with Gasteiger partial charge in [0.25, 0.3) is 0 Å². The fourth-order valence-electron chi connectivity index (χ4n) is 2.02. The molecular formula is C14H18N4O2. The summed E-state index contributed by atoms with van der Waals surface area (Å²) in [5.74, 6) is 0.951. The zero-order valence-electron chi connectivity index (χ0n) is 11.8. The first-order valence-corrected chi connectivity index (χ1v) is 6.35.